The third kappa shape index (κ3) is 3.96. The third-order valence-corrected chi connectivity index (χ3v) is 5.16. The highest BCUT2D eigenvalue weighted by molar-refractivity contribution is 4.87. The highest BCUT2D eigenvalue weighted by atomic mass is 15.2. The Morgan fingerprint density at radius 2 is 1.89 bits per heavy atom. The second kappa shape index (κ2) is 7.49. The Morgan fingerprint density at radius 1 is 1.11 bits per heavy atom. The molecule has 18 heavy (non-hydrogen) atoms. The molecular formula is C16H32N2. The normalized spacial score (nSPS) is 28.0. The second-order valence-electron chi connectivity index (χ2n) is 6.61. The second-order valence-corrected chi connectivity index (χ2v) is 6.61. The molecule has 2 heteroatoms. The quantitative estimate of drug-likeness (QED) is 0.752. The van der Waals surface area contributed by atoms with Gasteiger partial charge in [-0.3, -0.25) is 0 Å². The molecule has 1 aliphatic heterocycles. The Kier molecular flexibility index (Phi) is 5.97. The number of hydrogen-bond donors (Lipinski definition) is 1. The average Bonchev–Trinajstić information content (AvgIpc) is 2.98. The molecule has 1 saturated carbocycles. The van der Waals surface area contributed by atoms with Gasteiger partial charge in [0.1, 0.15) is 0 Å². The topological polar surface area (TPSA) is 29.3 Å². The molecule has 0 spiro atoms. The van der Waals surface area contributed by atoms with E-state index >= 15 is 0 Å². The minimum absolute atomic E-state index is 0.822. The van der Waals surface area contributed by atoms with Gasteiger partial charge in [-0.15, -0.1) is 0 Å². The highest BCUT2D eigenvalue weighted by Gasteiger charge is 2.32. The first kappa shape index (κ1) is 14.3. The van der Waals surface area contributed by atoms with Crippen LogP contribution in [0.2, 0.25) is 0 Å². The molecule has 0 aromatic rings. The molecule has 1 saturated heterocycles. The lowest BCUT2D eigenvalue weighted by molar-refractivity contribution is 0.184. The first-order valence-corrected chi connectivity index (χ1v) is 8.25. The molecule has 0 bridgehead atoms. The van der Waals surface area contributed by atoms with Gasteiger partial charge in [0.25, 0.3) is 0 Å². The molecule has 0 aromatic heterocycles. The van der Waals surface area contributed by atoms with Crippen LogP contribution in [0.25, 0.3) is 0 Å². The maximum atomic E-state index is 5.62. The standard InChI is InChI=1S/C16H32N2/c1-14(10-11-17)6-4-12-18-13-5-9-16(18)15-7-2-3-8-15/h14-16H,2-13,17H2,1H3. The van der Waals surface area contributed by atoms with Gasteiger partial charge in [-0.05, 0) is 76.4 Å². The first-order chi connectivity index (χ1) is 8.81. The summed E-state index contributed by atoms with van der Waals surface area (Å²) in [7, 11) is 0. The van der Waals surface area contributed by atoms with Crippen molar-refractivity contribution in [2.45, 2.75) is 70.8 Å². The Labute approximate surface area is 113 Å². The molecule has 2 aliphatic rings. The Hall–Kier alpha value is -0.0800. The van der Waals surface area contributed by atoms with Gasteiger partial charge in [-0.25, -0.2) is 0 Å². The number of nitrogens with zero attached hydrogens (tertiary/aromatic N) is 1. The number of likely N-dealkylation sites (tertiary alicyclic amines) is 1. The van der Waals surface area contributed by atoms with Crippen LogP contribution in [0.4, 0.5) is 0 Å². The summed E-state index contributed by atoms with van der Waals surface area (Å²) in [6, 6.07) is 0.942. The van der Waals surface area contributed by atoms with Crippen LogP contribution < -0.4 is 5.73 Å². The largest absolute Gasteiger partial charge is 0.330 e. The summed E-state index contributed by atoms with van der Waals surface area (Å²) in [4.78, 5) is 2.81. The molecule has 2 N–H and O–H groups in total. The predicted octanol–water partition coefficient (Wildman–Crippen LogP) is 3.41. The van der Waals surface area contributed by atoms with Gasteiger partial charge in [0.05, 0.1) is 0 Å². The van der Waals surface area contributed by atoms with Crippen molar-refractivity contribution in [2.24, 2.45) is 17.6 Å². The van der Waals surface area contributed by atoms with E-state index in [4.69, 9.17) is 5.73 Å². The molecule has 2 rings (SSSR count). The highest BCUT2D eigenvalue weighted by Crippen LogP contribution is 2.35. The van der Waals surface area contributed by atoms with E-state index in [1.165, 1.54) is 70.9 Å². The van der Waals surface area contributed by atoms with E-state index in [1.807, 2.05) is 0 Å². The lowest BCUT2D eigenvalue weighted by Gasteiger charge is -2.29. The van der Waals surface area contributed by atoms with Gasteiger partial charge >= 0.3 is 0 Å². The Balaban J connectivity index is 1.67. The zero-order valence-electron chi connectivity index (χ0n) is 12.2. The molecule has 2 atom stereocenters. The van der Waals surface area contributed by atoms with Crippen molar-refractivity contribution in [1.29, 1.82) is 0 Å². The van der Waals surface area contributed by atoms with Crippen molar-refractivity contribution in [3.8, 4) is 0 Å². The SMILES string of the molecule is CC(CCN)CCCN1CCCC1C1CCCC1. The van der Waals surface area contributed by atoms with Crippen molar-refractivity contribution in [2.75, 3.05) is 19.6 Å². The molecule has 0 aromatic carbocycles. The average molecular weight is 252 g/mol. The molecule has 1 heterocycles. The summed E-state index contributed by atoms with van der Waals surface area (Å²) in [6.07, 6.45) is 12.9. The Morgan fingerprint density at radius 3 is 2.61 bits per heavy atom. The summed E-state index contributed by atoms with van der Waals surface area (Å²) in [5.41, 5.74) is 5.62. The summed E-state index contributed by atoms with van der Waals surface area (Å²) >= 11 is 0. The number of hydrogen-bond acceptors (Lipinski definition) is 2. The van der Waals surface area contributed by atoms with Crippen LogP contribution in [0, 0.1) is 11.8 Å². The zero-order chi connectivity index (χ0) is 12.8. The van der Waals surface area contributed by atoms with Crippen LogP contribution in [0.1, 0.15) is 64.7 Å². The fourth-order valence-corrected chi connectivity index (χ4v) is 4.08. The van der Waals surface area contributed by atoms with Crippen LogP contribution in [0.3, 0.4) is 0 Å². The Bertz CT molecular complexity index is 223. The monoisotopic (exact) mass is 252 g/mol. The molecule has 106 valence electrons. The third-order valence-electron chi connectivity index (χ3n) is 5.16. The van der Waals surface area contributed by atoms with Crippen molar-refractivity contribution in [1.82, 2.24) is 4.90 Å². The molecule has 0 amide bonds. The molecule has 2 fully saturated rings. The van der Waals surface area contributed by atoms with Gasteiger partial charge in [0.15, 0.2) is 0 Å². The summed E-state index contributed by atoms with van der Waals surface area (Å²) < 4.78 is 0. The van der Waals surface area contributed by atoms with Crippen LogP contribution in [0.5, 0.6) is 0 Å². The summed E-state index contributed by atoms with van der Waals surface area (Å²) in [6.45, 7) is 5.92. The van der Waals surface area contributed by atoms with E-state index < -0.39 is 0 Å². The van der Waals surface area contributed by atoms with Gasteiger partial charge in [-0.2, -0.15) is 0 Å². The van der Waals surface area contributed by atoms with Crippen molar-refractivity contribution < 1.29 is 0 Å². The van der Waals surface area contributed by atoms with E-state index in [2.05, 4.69) is 11.8 Å². The summed E-state index contributed by atoms with van der Waals surface area (Å²) in [5.74, 6) is 1.86. The van der Waals surface area contributed by atoms with Gasteiger partial charge in [-0.1, -0.05) is 19.8 Å². The maximum Gasteiger partial charge on any atom is 0.0124 e. The van der Waals surface area contributed by atoms with Crippen molar-refractivity contribution >= 4 is 0 Å². The first-order valence-electron chi connectivity index (χ1n) is 8.25. The number of rotatable bonds is 7. The lowest BCUT2D eigenvalue weighted by Crippen LogP contribution is -2.35. The van der Waals surface area contributed by atoms with Crippen LogP contribution in [-0.2, 0) is 0 Å². The van der Waals surface area contributed by atoms with Gasteiger partial charge < -0.3 is 10.6 Å². The van der Waals surface area contributed by atoms with E-state index in [0.717, 1.165) is 24.4 Å². The predicted molar refractivity (Wildman–Crippen MR) is 78.6 cm³/mol. The van der Waals surface area contributed by atoms with Crippen molar-refractivity contribution in [3.63, 3.8) is 0 Å². The van der Waals surface area contributed by atoms with Crippen molar-refractivity contribution in [3.05, 3.63) is 0 Å². The van der Waals surface area contributed by atoms with Crippen LogP contribution in [0.15, 0.2) is 0 Å². The summed E-state index contributed by atoms with van der Waals surface area (Å²) in [5, 5.41) is 0. The lowest BCUT2D eigenvalue weighted by atomic mass is 9.95. The van der Waals surface area contributed by atoms with Gasteiger partial charge in [0, 0.05) is 6.04 Å². The molecule has 1 aliphatic carbocycles. The molecule has 0 radical (unpaired) electrons. The van der Waals surface area contributed by atoms with Gasteiger partial charge in [0.2, 0.25) is 0 Å². The van der Waals surface area contributed by atoms with E-state index in [9.17, 15) is 0 Å². The fraction of sp³-hybridized carbons (Fsp3) is 1.00. The van der Waals surface area contributed by atoms with E-state index in [-0.39, 0.29) is 0 Å². The molecule has 2 unspecified atom stereocenters. The molecule has 2 nitrogen and oxygen atoms in total. The molecular weight excluding hydrogens is 220 g/mol. The van der Waals surface area contributed by atoms with E-state index in [0.29, 0.717) is 0 Å². The smallest absolute Gasteiger partial charge is 0.0124 e. The minimum Gasteiger partial charge on any atom is -0.330 e. The zero-order valence-corrected chi connectivity index (χ0v) is 12.2. The van der Waals surface area contributed by atoms with Crippen LogP contribution in [-0.4, -0.2) is 30.6 Å². The fourth-order valence-electron chi connectivity index (χ4n) is 4.08. The van der Waals surface area contributed by atoms with Crippen LogP contribution >= 0.6 is 0 Å². The van der Waals surface area contributed by atoms with E-state index in [1.54, 1.807) is 0 Å². The maximum absolute atomic E-state index is 5.62. The number of nitrogens with two attached hydrogens (primary N) is 1. The minimum atomic E-state index is 0.822.